The summed E-state index contributed by atoms with van der Waals surface area (Å²) in [6.07, 6.45) is 1.36. The molecule has 3 rings (SSSR count). The molecule has 24 heavy (non-hydrogen) atoms. The Balaban J connectivity index is 2.16. The molecule has 0 fully saturated rings. The van der Waals surface area contributed by atoms with E-state index in [-0.39, 0.29) is 16.9 Å². The molecular weight excluding hydrogens is 315 g/mol. The molecule has 8 heteroatoms. The smallest absolute Gasteiger partial charge is 0.314 e. The van der Waals surface area contributed by atoms with Crippen molar-refractivity contribution in [3.8, 4) is 0 Å². The Morgan fingerprint density at radius 2 is 1.75 bits per heavy atom. The molecule has 3 aromatic rings. The van der Waals surface area contributed by atoms with E-state index in [2.05, 4.69) is 4.98 Å². The number of carbonyl (C=O) groups excluding carboxylic acids is 1. The molecule has 0 aliphatic heterocycles. The van der Waals surface area contributed by atoms with Gasteiger partial charge in [-0.05, 0) is 31.2 Å². The largest absolute Gasteiger partial charge is 0.332 e. The quantitative estimate of drug-likeness (QED) is 0.672. The fourth-order valence-corrected chi connectivity index (χ4v) is 2.64. The lowest BCUT2D eigenvalue weighted by atomic mass is 10.1. The predicted molar refractivity (Wildman–Crippen MR) is 85.7 cm³/mol. The Morgan fingerprint density at radius 3 is 2.38 bits per heavy atom. The number of halogens is 1. The maximum absolute atomic E-state index is 13.0. The number of hydrogen-bond donors (Lipinski definition) is 0. The molecule has 0 unspecified atom stereocenters. The van der Waals surface area contributed by atoms with Crippen LogP contribution in [0, 0.1) is 5.82 Å². The second-order valence-electron chi connectivity index (χ2n) is 5.58. The molecule has 0 saturated carbocycles. The molecule has 124 valence electrons. The summed E-state index contributed by atoms with van der Waals surface area (Å²) < 4.78 is 16.7. The van der Waals surface area contributed by atoms with Crippen LogP contribution in [0.25, 0.3) is 11.2 Å². The number of ketones is 1. The van der Waals surface area contributed by atoms with Crippen LogP contribution >= 0.6 is 0 Å². The van der Waals surface area contributed by atoms with E-state index in [9.17, 15) is 18.8 Å². The number of fused-ring (bicyclic) bond motifs is 1. The van der Waals surface area contributed by atoms with Gasteiger partial charge in [0.15, 0.2) is 16.9 Å². The zero-order valence-corrected chi connectivity index (χ0v) is 13.4. The van der Waals surface area contributed by atoms with Gasteiger partial charge in [-0.15, -0.1) is 0 Å². The molecule has 0 saturated heterocycles. The number of imidazole rings is 1. The summed E-state index contributed by atoms with van der Waals surface area (Å²) in [5, 5.41) is 0. The van der Waals surface area contributed by atoms with Gasteiger partial charge in [-0.2, -0.15) is 0 Å². The molecule has 1 aromatic carbocycles. The van der Waals surface area contributed by atoms with Crippen molar-refractivity contribution in [3.63, 3.8) is 0 Å². The van der Waals surface area contributed by atoms with Crippen LogP contribution < -0.4 is 11.2 Å². The van der Waals surface area contributed by atoms with Crippen molar-refractivity contribution >= 4 is 16.9 Å². The topological polar surface area (TPSA) is 78.9 Å². The Morgan fingerprint density at radius 1 is 1.12 bits per heavy atom. The Labute approximate surface area is 135 Å². The molecule has 0 N–H and O–H groups in total. The third-order valence-corrected chi connectivity index (χ3v) is 4.10. The highest BCUT2D eigenvalue weighted by Crippen LogP contribution is 2.18. The van der Waals surface area contributed by atoms with Gasteiger partial charge in [-0.3, -0.25) is 18.7 Å². The lowest BCUT2D eigenvalue weighted by Crippen LogP contribution is -2.38. The van der Waals surface area contributed by atoms with Crippen LogP contribution in [0.1, 0.15) is 23.3 Å². The number of nitrogens with zero attached hydrogens (tertiary/aromatic N) is 4. The fourth-order valence-electron chi connectivity index (χ4n) is 2.64. The Hall–Kier alpha value is -3.03. The van der Waals surface area contributed by atoms with E-state index < -0.39 is 23.1 Å². The highest BCUT2D eigenvalue weighted by Gasteiger charge is 2.22. The first kappa shape index (κ1) is 15.9. The van der Waals surface area contributed by atoms with Crippen LogP contribution in [0.3, 0.4) is 0 Å². The summed E-state index contributed by atoms with van der Waals surface area (Å²) in [7, 11) is 2.88. The van der Waals surface area contributed by atoms with Gasteiger partial charge in [0, 0.05) is 19.7 Å². The molecular formula is C16H15FN4O3. The summed E-state index contributed by atoms with van der Waals surface area (Å²) in [5.41, 5.74) is -0.309. The molecule has 2 heterocycles. The van der Waals surface area contributed by atoms with Gasteiger partial charge in [0.2, 0.25) is 0 Å². The maximum Gasteiger partial charge on any atom is 0.332 e. The summed E-state index contributed by atoms with van der Waals surface area (Å²) >= 11 is 0. The minimum absolute atomic E-state index is 0.169. The van der Waals surface area contributed by atoms with Crippen molar-refractivity contribution in [2.24, 2.45) is 14.1 Å². The molecule has 0 spiro atoms. The zero-order chi connectivity index (χ0) is 17.6. The predicted octanol–water partition coefficient (Wildman–Crippen LogP) is 1.02. The van der Waals surface area contributed by atoms with Crippen molar-refractivity contribution in [2.45, 2.75) is 13.0 Å². The van der Waals surface area contributed by atoms with Crippen molar-refractivity contribution in [3.05, 3.63) is 62.8 Å². The van der Waals surface area contributed by atoms with Crippen molar-refractivity contribution in [1.29, 1.82) is 0 Å². The van der Waals surface area contributed by atoms with Crippen LogP contribution in [0.2, 0.25) is 0 Å². The van der Waals surface area contributed by atoms with E-state index in [0.717, 1.165) is 4.57 Å². The highest BCUT2D eigenvalue weighted by atomic mass is 19.1. The minimum atomic E-state index is -0.731. The minimum Gasteiger partial charge on any atom is -0.314 e. The van der Waals surface area contributed by atoms with Crippen LogP contribution in [0.4, 0.5) is 4.39 Å². The van der Waals surface area contributed by atoms with E-state index in [4.69, 9.17) is 0 Å². The van der Waals surface area contributed by atoms with E-state index in [1.165, 1.54) is 53.8 Å². The summed E-state index contributed by atoms with van der Waals surface area (Å²) in [4.78, 5) is 41.1. The van der Waals surface area contributed by atoms with Gasteiger partial charge < -0.3 is 4.57 Å². The third kappa shape index (κ3) is 2.27. The van der Waals surface area contributed by atoms with E-state index in [1.807, 2.05) is 0 Å². The molecule has 2 aromatic heterocycles. The average molecular weight is 330 g/mol. The first-order chi connectivity index (χ1) is 11.3. The van der Waals surface area contributed by atoms with Crippen LogP contribution in [-0.4, -0.2) is 24.5 Å². The number of rotatable bonds is 3. The average Bonchev–Trinajstić information content (AvgIpc) is 3.02. The van der Waals surface area contributed by atoms with Gasteiger partial charge in [0.05, 0.1) is 12.4 Å². The molecule has 0 radical (unpaired) electrons. The number of carbonyl (C=O) groups is 1. The molecule has 0 aliphatic rings. The van der Waals surface area contributed by atoms with Gasteiger partial charge in [0.25, 0.3) is 5.56 Å². The lowest BCUT2D eigenvalue weighted by Gasteiger charge is -2.13. The molecule has 7 nitrogen and oxygen atoms in total. The standard InChI is InChI=1S/C16H15FN4O3/c1-9(13(22)10-4-6-11(17)7-5-10)21-8-18-14-12(21)15(23)20(3)16(24)19(14)2/h4-9H,1-3H3/t9-/m0/s1. The van der Waals surface area contributed by atoms with Crippen molar-refractivity contribution in [1.82, 2.24) is 18.7 Å². The number of hydrogen-bond acceptors (Lipinski definition) is 4. The second-order valence-corrected chi connectivity index (χ2v) is 5.58. The van der Waals surface area contributed by atoms with Crippen LogP contribution in [0.5, 0.6) is 0 Å². The second kappa shape index (κ2) is 5.55. The first-order valence-electron chi connectivity index (χ1n) is 7.25. The molecule has 0 amide bonds. The summed E-state index contributed by atoms with van der Waals surface area (Å²) in [6.45, 7) is 1.62. The Kier molecular flexibility index (Phi) is 3.67. The van der Waals surface area contributed by atoms with Gasteiger partial charge in [-0.25, -0.2) is 14.2 Å². The SMILES string of the molecule is C[C@@H](C(=O)c1ccc(F)cc1)n1cnc2c1c(=O)n(C)c(=O)n2C. The Bertz CT molecular complexity index is 1060. The zero-order valence-electron chi connectivity index (χ0n) is 13.4. The highest BCUT2D eigenvalue weighted by molar-refractivity contribution is 5.99. The monoisotopic (exact) mass is 330 g/mol. The first-order valence-corrected chi connectivity index (χ1v) is 7.25. The number of aryl methyl sites for hydroxylation is 1. The summed E-state index contributed by atoms with van der Waals surface area (Å²) in [5.74, 6) is -0.721. The normalized spacial score (nSPS) is 12.5. The van der Waals surface area contributed by atoms with Crippen LogP contribution in [-0.2, 0) is 14.1 Å². The van der Waals surface area contributed by atoms with E-state index in [0.29, 0.717) is 5.56 Å². The van der Waals surface area contributed by atoms with Gasteiger partial charge >= 0.3 is 5.69 Å². The lowest BCUT2D eigenvalue weighted by molar-refractivity contribution is 0.0936. The molecule has 0 bridgehead atoms. The number of benzene rings is 1. The number of aromatic nitrogens is 4. The molecule has 1 atom stereocenters. The third-order valence-electron chi connectivity index (χ3n) is 4.10. The maximum atomic E-state index is 13.0. The van der Waals surface area contributed by atoms with Crippen molar-refractivity contribution < 1.29 is 9.18 Å². The van der Waals surface area contributed by atoms with E-state index >= 15 is 0 Å². The van der Waals surface area contributed by atoms with Crippen molar-refractivity contribution in [2.75, 3.05) is 0 Å². The van der Waals surface area contributed by atoms with Gasteiger partial charge in [0.1, 0.15) is 5.82 Å². The fraction of sp³-hybridized carbons (Fsp3) is 0.250. The van der Waals surface area contributed by atoms with Gasteiger partial charge in [-0.1, -0.05) is 0 Å². The summed E-state index contributed by atoms with van der Waals surface area (Å²) in [6, 6.07) is 4.46. The van der Waals surface area contributed by atoms with E-state index in [1.54, 1.807) is 6.92 Å². The number of Topliss-reactive ketones (excluding diaryl/α,β-unsaturated/α-hetero) is 1. The van der Waals surface area contributed by atoms with Crippen LogP contribution in [0.15, 0.2) is 40.2 Å². The molecule has 0 aliphatic carbocycles.